The fraction of sp³-hybridized carbons (Fsp3) is 0.300. The summed E-state index contributed by atoms with van der Waals surface area (Å²) in [6.07, 6.45) is 0. The van der Waals surface area contributed by atoms with Crippen molar-refractivity contribution in [2.24, 2.45) is 0 Å². The van der Waals surface area contributed by atoms with E-state index in [0.29, 0.717) is 5.56 Å². The zero-order chi connectivity index (χ0) is 12.1. The fourth-order valence-corrected chi connectivity index (χ4v) is 1.06. The average molecular weight is 241 g/mol. The second-order valence-electron chi connectivity index (χ2n) is 3.21. The minimum Gasteiger partial charge on any atom is -0.460 e. The van der Waals surface area contributed by atoms with Crippen LogP contribution in [-0.2, 0) is 16.1 Å². The van der Waals surface area contributed by atoms with Crippen LogP contribution in [0, 0.1) is 10.1 Å². The van der Waals surface area contributed by atoms with Crippen LogP contribution in [0.15, 0.2) is 24.3 Å². The van der Waals surface area contributed by atoms with Gasteiger partial charge in [0.1, 0.15) is 6.61 Å². The van der Waals surface area contributed by atoms with Crippen LogP contribution in [0.1, 0.15) is 12.5 Å². The minimum atomic E-state index is -0.481. The maximum Gasteiger partial charge on any atom is 0.318 e. The molecule has 0 heterocycles. The third kappa shape index (κ3) is 3.54. The van der Waals surface area contributed by atoms with E-state index >= 15 is 0 Å². The molecule has 0 aliphatic rings. The van der Waals surface area contributed by atoms with Crippen molar-refractivity contribution in [2.75, 3.05) is 0 Å². The Kier molecular flexibility index (Phi) is 4.30. The molecule has 1 rings (SSSR count). The number of ether oxygens (including phenoxy) is 1. The van der Waals surface area contributed by atoms with Gasteiger partial charge in [-0.05, 0) is 24.6 Å². The van der Waals surface area contributed by atoms with Crippen LogP contribution in [-0.4, -0.2) is 16.1 Å². The van der Waals surface area contributed by atoms with Crippen LogP contribution < -0.4 is 0 Å². The molecular formula is C10H11NO4S. The zero-order valence-corrected chi connectivity index (χ0v) is 9.52. The number of carbonyl (C=O) groups is 1. The van der Waals surface area contributed by atoms with Crippen LogP contribution in [0.4, 0.5) is 5.69 Å². The monoisotopic (exact) mass is 241 g/mol. The summed E-state index contributed by atoms with van der Waals surface area (Å²) in [5.41, 5.74) is 0.713. The fourth-order valence-electron chi connectivity index (χ4n) is 0.989. The standard InChI is InChI=1S/C10H11NO4S/c1-7(16)10(12)15-6-8-2-4-9(5-3-8)11(13)14/h2-5,7,16H,6H2,1H3. The van der Waals surface area contributed by atoms with E-state index in [9.17, 15) is 14.9 Å². The van der Waals surface area contributed by atoms with Gasteiger partial charge in [-0.25, -0.2) is 0 Å². The van der Waals surface area contributed by atoms with E-state index in [1.165, 1.54) is 12.1 Å². The first kappa shape index (κ1) is 12.5. The van der Waals surface area contributed by atoms with E-state index in [1.54, 1.807) is 19.1 Å². The molecule has 0 aliphatic heterocycles. The van der Waals surface area contributed by atoms with Gasteiger partial charge < -0.3 is 4.74 Å². The number of carbonyl (C=O) groups excluding carboxylic acids is 1. The highest BCUT2D eigenvalue weighted by atomic mass is 32.1. The van der Waals surface area contributed by atoms with Crippen LogP contribution in [0.25, 0.3) is 0 Å². The second-order valence-corrected chi connectivity index (χ2v) is 3.98. The first-order valence-corrected chi connectivity index (χ1v) is 5.10. The largest absolute Gasteiger partial charge is 0.460 e. The highest BCUT2D eigenvalue weighted by Crippen LogP contribution is 2.12. The molecule has 0 aromatic heterocycles. The Hall–Kier alpha value is -1.56. The summed E-state index contributed by atoms with van der Waals surface area (Å²) in [5, 5.41) is 9.90. The minimum absolute atomic E-state index is 0.0117. The van der Waals surface area contributed by atoms with Crippen LogP contribution in [0.5, 0.6) is 0 Å². The molecular weight excluding hydrogens is 230 g/mol. The van der Waals surface area contributed by atoms with Crippen molar-refractivity contribution in [3.05, 3.63) is 39.9 Å². The quantitative estimate of drug-likeness (QED) is 0.378. The van der Waals surface area contributed by atoms with Crippen LogP contribution in [0.3, 0.4) is 0 Å². The Bertz CT molecular complexity index is 388. The molecule has 1 aromatic carbocycles. The number of benzene rings is 1. The summed E-state index contributed by atoms with van der Waals surface area (Å²) in [6, 6.07) is 5.84. The van der Waals surface area contributed by atoms with Crippen molar-refractivity contribution < 1.29 is 14.5 Å². The van der Waals surface area contributed by atoms with Gasteiger partial charge in [0.05, 0.1) is 10.2 Å². The molecule has 0 fully saturated rings. The van der Waals surface area contributed by atoms with Crippen molar-refractivity contribution in [1.82, 2.24) is 0 Å². The maximum atomic E-state index is 11.1. The number of rotatable bonds is 4. The molecule has 0 bridgehead atoms. The van der Waals surface area contributed by atoms with Gasteiger partial charge in [-0.2, -0.15) is 12.6 Å². The Balaban J connectivity index is 2.56. The number of hydrogen-bond acceptors (Lipinski definition) is 5. The van der Waals surface area contributed by atoms with Crippen molar-refractivity contribution >= 4 is 24.3 Å². The van der Waals surface area contributed by atoms with Gasteiger partial charge in [0.15, 0.2) is 0 Å². The molecule has 1 unspecified atom stereocenters. The first-order valence-electron chi connectivity index (χ1n) is 4.58. The normalized spacial score (nSPS) is 11.9. The van der Waals surface area contributed by atoms with Gasteiger partial charge in [-0.3, -0.25) is 14.9 Å². The second kappa shape index (κ2) is 5.50. The molecule has 0 amide bonds. The Labute approximate surface area is 98.0 Å². The summed E-state index contributed by atoms with van der Waals surface area (Å²) < 4.78 is 4.90. The smallest absolute Gasteiger partial charge is 0.318 e. The highest BCUT2D eigenvalue weighted by Gasteiger charge is 2.09. The number of thiol groups is 1. The van der Waals surface area contributed by atoms with Gasteiger partial charge in [-0.1, -0.05) is 0 Å². The molecule has 0 saturated carbocycles. The SMILES string of the molecule is CC(S)C(=O)OCc1ccc([N+](=O)[O-])cc1. The van der Waals surface area contributed by atoms with E-state index in [2.05, 4.69) is 12.6 Å². The molecule has 86 valence electrons. The molecule has 5 nitrogen and oxygen atoms in total. The summed E-state index contributed by atoms with van der Waals surface area (Å²) in [7, 11) is 0. The van der Waals surface area contributed by atoms with Crippen molar-refractivity contribution in [3.63, 3.8) is 0 Å². The Morgan fingerprint density at radius 1 is 1.50 bits per heavy atom. The first-order chi connectivity index (χ1) is 7.50. The predicted octanol–water partition coefficient (Wildman–Crippen LogP) is 1.96. The summed E-state index contributed by atoms with van der Waals surface area (Å²) >= 11 is 3.92. The van der Waals surface area contributed by atoms with E-state index in [0.717, 1.165) is 0 Å². The van der Waals surface area contributed by atoms with Gasteiger partial charge in [0, 0.05) is 12.1 Å². The highest BCUT2D eigenvalue weighted by molar-refractivity contribution is 7.81. The van der Waals surface area contributed by atoms with E-state index in [4.69, 9.17) is 4.74 Å². The van der Waals surface area contributed by atoms with Crippen molar-refractivity contribution in [2.45, 2.75) is 18.8 Å². The third-order valence-corrected chi connectivity index (χ3v) is 2.08. The molecule has 0 aliphatic carbocycles. The summed E-state index contributed by atoms with van der Waals surface area (Å²) in [6.45, 7) is 1.71. The lowest BCUT2D eigenvalue weighted by Gasteiger charge is -2.06. The van der Waals surface area contributed by atoms with Crippen LogP contribution in [0.2, 0.25) is 0 Å². The molecule has 1 aromatic rings. The van der Waals surface area contributed by atoms with Gasteiger partial charge >= 0.3 is 5.97 Å². The summed E-state index contributed by atoms with van der Waals surface area (Å²) in [5.74, 6) is -0.415. The van der Waals surface area contributed by atoms with Crippen LogP contribution >= 0.6 is 12.6 Å². The average Bonchev–Trinajstić information content (AvgIpc) is 2.26. The lowest BCUT2D eigenvalue weighted by Crippen LogP contribution is -2.14. The Morgan fingerprint density at radius 3 is 2.50 bits per heavy atom. The molecule has 0 N–H and O–H groups in total. The zero-order valence-electron chi connectivity index (χ0n) is 8.62. The number of nitro groups is 1. The predicted molar refractivity (Wildman–Crippen MR) is 61.3 cm³/mol. The lowest BCUT2D eigenvalue weighted by molar-refractivity contribution is -0.384. The molecule has 0 radical (unpaired) electrons. The van der Waals surface area contributed by atoms with E-state index < -0.39 is 16.1 Å². The molecule has 16 heavy (non-hydrogen) atoms. The van der Waals surface area contributed by atoms with Crippen molar-refractivity contribution in [1.29, 1.82) is 0 Å². The Morgan fingerprint density at radius 2 is 2.06 bits per heavy atom. The van der Waals surface area contributed by atoms with E-state index in [-0.39, 0.29) is 12.3 Å². The number of hydrogen-bond donors (Lipinski definition) is 1. The number of non-ortho nitro benzene ring substituents is 1. The third-order valence-electron chi connectivity index (χ3n) is 1.87. The van der Waals surface area contributed by atoms with Crippen molar-refractivity contribution in [3.8, 4) is 0 Å². The van der Waals surface area contributed by atoms with Gasteiger partial charge in [0.25, 0.3) is 5.69 Å². The van der Waals surface area contributed by atoms with E-state index in [1.807, 2.05) is 0 Å². The van der Waals surface area contributed by atoms with Gasteiger partial charge in [-0.15, -0.1) is 0 Å². The topological polar surface area (TPSA) is 69.4 Å². The lowest BCUT2D eigenvalue weighted by atomic mass is 10.2. The summed E-state index contributed by atoms with van der Waals surface area (Å²) in [4.78, 5) is 21.0. The number of esters is 1. The molecule has 0 spiro atoms. The molecule has 0 saturated heterocycles. The number of nitrogens with zero attached hydrogens (tertiary/aromatic N) is 1. The number of nitro benzene ring substituents is 1. The molecule has 1 atom stereocenters. The maximum absolute atomic E-state index is 11.1. The van der Waals surface area contributed by atoms with Gasteiger partial charge in [0.2, 0.25) is 0 Å². The molecule has 6 heteroatoms.